The highest BCUT2D eigenvalue weighted by Crippen LogP contribution is 2.22. The summed E-state index contributed by atoms with van der Waals surface area (Å²) in [6.07, 6.45) is 2.62. The van der Waals surface area contributed by atoms with Gasteiger partial charge in [0.25, 0.3) is 0 Å². The Morgan fingerprint density at radius 3 is 2.63 bits per heavy atom. The number of benzene rings is 2. The zero-order chi connectivity index (χ0) is 19.4. The number of aromatic amines is 1. The van der Waals surface area contributed by atoms with Crippen LogP contribution in [0.25, 0.3) is 10.9 Å². The van der Waals surface area contributed by atoms with Crippen molar-refractivity contribution in [2.45, 2.75) is 33.1 Å². The van der Waals surface area contributed by atoms with Gasteiger partial charge >= 0.3 is 11.8 Å². The van der Waals surface area contributed by atoms with Crippen molar-refractivity contribution in [1.29, 1.82) is 0 Å². The molecule has 0 aliphatic heterocycles. The molecule has 1 heterocycles. The minimum atomic E-state index is -0.647. The third-order valence-electron chi connectivity index (χ3n) is 4.69. The predicted molar refractivity (Wildman–Crippen MR) is 109 cm³/mol. The Bertz CT molecular complexity index is 973. The largest absolute Gasteiger partial charge is 0.361 e. The number of hydrogen-bond acceptors (Lipinski definition) is 2. The van der Waals surface area contributed by atoms with E-state index in [0.29, 0.717) is 24.6 Å². The van der Waals surface area contributed by atoms with Crippen molar-refractivity contribution in [3.63, 3.8) is 0 Å². The van der Waals surface area contributed by atoms with Gasteiger partial charge in [0.15, 0.2) is 0 Å². The summed E-state index contributed by atoms with van der Waals surface area (Å²) in [7, 11) is 0. The maximum atomic E-state index is 12.1. The third kappa shape index (κ3) is 4.37. The van der Waals surface area contributed by atoms with Crippen molar-refractivity contribution < 1.29 is 9.59 Å². The summed E-state index contributed by atoms with van der Waals surface area (Å²) in [5, 5.41) is 6.54. The molecule has 5 nitrogen and oxygen atoms in total. The average Bonchev–Trinajstić information content (AvgIpc) is 3.06. The Labute approximate surface area is 159 Å². The number of carbonyl (C=O) groups is 2. The molecule has 3 N–H and O–H groups in total. The Morgan fingerprint density at radius 1 is 1.07 bits per heavy atom. The van der Waals surface area contributed by atoms with Crippen LogP contribution in [0.2, 0.25) is 0 Å². The predicted octanol–water partition coefficient (Wildman–Crippen LogP) is 3.90. The van der Waals surface area contributed by atoms with Gasteiger partial charge in [-0.15, -0.1) is 0 Å². The van der Waals surface area contributed by atoms with Crippen molar-refractivity contribution in [2.75, 3.05) is 11.9 Å². The molecule has 3 aromatic rings. The van der Waals surface area contributed by atoms with E-state index in [1.807, 2.05) is 36.5 Å². The summed E-state index contributed by atoms with van der Waals surface area (Å²) >= 11 is 0. The molecular weight excluding hydrogens is 338 g/mol. The van der Waals surface area contributed by atoms with Crippen LogP contribution in [0.5, 0.6) is 0 Å². The Morgan fingerprint density at radius 2 is 1.85 bits per heavy atom. The van der Waals surface area contributed by atoms with Crippen LogP contribution in [0.4, 0.5) is 5.69 Å². The number of rotatable bonds is 5. The number of nitrogens with one attached hydrogen (secondary N) is 3. The van der Waals surface area contributed by atoms with Gasteiger partial charge in [0.2, 0.25) is 0 Å². The maximum Gasteiger partial charge on any atom is 0.313 e. The second-order valence-corrected chi connectivity index (χ2v) is 7.05. The van der Waals surface area contributed by atoms with Gasteiger partial charge in [-0.25, -0.2) is 0 Å². The Balaban J connectivity index is 1.56. The van der Waals surface area contributed by atoms with E-state index in [0.717, 1.165) is 16.6 Å². The zero-order valence-electron chi connectivity index (χ0n) is 15.9. The van der Waals surface area contributed by atoms with Gasteiger partial charge < -0.3 is 15.6 Å². The molecule has 0 spiro atoms. The van der Waals surface area contributed by atoms with Crippen LogP contribution < -0.4 is 10.6 Å². The summed E-state index contributed by atoms with van der Waals surface area (Å²) < 4.78 is 0. The lowest BCUT2D eigenvalue weighted by molar-refractivity contribution is -0.136. The average molecular weight is 363 g/mol. The van der Waals surface area contributed by atoms with Gasteiger partial charge in [0, 0.05) is 29.3 Å². The standard InChI is InChI=1S/C22H25N3O2/c1-14(2)16-7-5-8-18(12-16)25-22(27)21(26)23-11-10-17-13-24-19-9-4-6-15(3)20(17)19/h4-9,12-14,24H,10-11H2,1-3H3,(H,23,26)(H,25,27). The summed E-state index contributed by atoms with van der Waals surface area (Å²) in [5.41, 5.74) is 5.15. The molecule has 5 heteroatoms. The molecule has 0 fully saturated rings. The van der Waals surface area contributed by atoms with E-state index in [1.54, 1.807) is 6.07 Å². The monoisotopic (exact) mass is 363 g/mol. The molecule has 0 aliphatic carbocycles. The van der Waals surface area contributed by atoms with Crippen LogP contribution in [-0.4, -0.2) is 23.3 Å². The molecular formula is C22H25N3O2. The van der Waals surface area contributed by atoms with Crippen molar-refractivity contribution >= 4 is 28.4 Å². The number of hydrogen-bond donors (Lipinski definition) is 3. The second-order valence-electron chi connectivity index (χ2n) is 7.05. The lowest BCUT2D eigenvalue weighted by Gasteiger charge is -2.10. The van der Waals surface area contributed by atoms with Crippen LogP contribution in [0.3, 0.4) is 0 Å². The van der Waals surface area contributed by atoms with E-state index >= 15 is 0 Å². The Kier molecular flexibility index (Phi) is 5.60. The van der Waals surface area contributed by atoms with E-state index < -0.39 is 11.8 Å². The molecule has 0 bridgehead atoms. The highest BCUT2D eigenvalue weighted by Gasteiger charge is 2.14. The topological polar surface area (TPSA) is 74.0 Å². The molecule has 140 valence electrons. The van der Waals surface area contributed by atoms with Crippen LogP contribution in [0.1, 0.15) is 36.5 Å². The first-order valence-corrected chi connectivity index (χ1v) is 9.20. The van der Waals surface area contributed by atoms with Gasteiger partial charge in [0.05, 0.1) is 0 Å². The van der Waals surface area contributed by atoms with E-state index in [-0.39, 0.29) is 0 Å². The quantitative estimate of drug-likeness (QED) is 0.602. The van der Waals surface area contributed by atoms with Crippen LogP contribution in [-0.2, 0) is 16.0 Å². The molecule has 0 atom stereocenters. The fourth-order valence-electron chi connectivity index (χ4n) is 3.20. The number of aromatic nitrogens is 1. The molecule has 0 radical (unpaired) electrons. The molecule has 2 amide bonds. The molecule has 0 aliphatic rings. The molecule has 3 rings (SSSR count). The van der Waals surface area contributed by atoms with Crippen LogP contribution >= 0.6 is 0 Å². The third-order valence-corrected chi connectivity index (χ3v) is 4.69. The number of fused-ring (bicyclic) bond motifs is 1. The number of amides is 2. The number of anilines is 1. The zero-order valence-corrected chi connectivity index (χ0v) is 15.9. The molecule has 2 aromatic carbocycles. The number of aryl methyl sites for hydroxylation is 1. The lowest BCUT2D eigenvalue weighted by atomic mass is 10.0. The fourth-order valence-corrected chi connectivity index (χ4v) is 3.20. The van der Waals surface area contributed by atoms with Gasteiger partial charge in [0.1, 0.15) is 0 Å². The molecule has 0 saturated heterocycles. The molecule has 1 aromatic heterocycles. The molecule has 0 unspecified atom stereocenters. The summed E-state index contributed by atoms with van der Waals surface area (Å²) in [6.45, 7) is 6.64. The van der Waals surface area contributed by atoms with E-state index in [1.165, 1.54) is 10.9 Å². The SMILES string of the molecule is Cc1cccc2[nH]cc(CCNC(=O)C(=O)Nc3cccc(C(C)C)c3)c12. The number of carbonyl (C=O) groups excluding carboxylic acids is 2. The van der Waals surface area contributed by atoms with E-state index in [9.17, 15) is 9.59 Å². The van der Waals surface area contributed by atoms with Gasteiger partial charge in [-0.05, 0) is 54.2 Å². The smallest absolute Gasteiger partial charge is 0.313 e. The molecule has 27 heavy (non-hydrogen) atoms. The van der Waals surface area contributed by atoms with Crippen molar-refractivity contribution in [1.82, 2.24) is 10.3 Å². The van der Waals surface area contributed by atoms with Crippen LogP contribution in [0.15, 0.2) is 48.7 Å². The molecule has 0 saturated carbocycles. The minimum Gasteiger partial charge on any atom is -0.361 e. The fraction of sp³-hybridized carbons (Fsp3) is 0.273. The first-order valence-electron chi connectivity index (χ1n) is 9.20. The van der Waals surface area contributed by atoms with Gasteiger partial charge in [-0.1, -0.05) is 38.1 Å². The van der Waals surface area contributed by atoms with Gasteiger partial charge in [-0.3, -0.25) is 9.59 Å². The van der Waals surface area contributed by atoms with Crippen molar-refractivity contribution in [3.8, 4) is 0 Å². The summed E-state index contributed by atoms with van der Waals surface area (Å²) in [4.78, 5) is 27.5. The van der Waals surface area contributed by atoms with Crippen molar-refractivity contribution in [3.05, 3.63) is 65.4 Å². The minimum absolute atomic E-state index is 0.357. The van der Waals surface area contributed by atoms with Crippen molar-refractivity contribution in [2.24, 2.45) is 0 Å². The van der Waals surface area contributed by atoms with E-state index in [2.05, 4.69) is 42.5 Å². The summed E-state index contributed by atoms with van der Waals surface area (Å²) in [5.74, 6) is -0.914. The first-order chi connectivity index (χ1) is 13.0. The highest BCUT2D eigenvalue weighted by molar-refractivity contribution is 6.39. The van der Waals surface area contributed by atoms with Crippen LogP contribution in [0, 0.1) is 6.92 Å². The normalized spacial score (nSPS) is 11.0. The first kappa shape index (κ1) is 18.7. The van der Waals surface area contributed by atoms with E-state index in [4.69, 9.17) is 0 Å². The van der Waals surface area contributed by atoms with Gasteiger partial charge in [-0.2, -0.15) is 0 Å². The number of H-pyrrole nitrogens is 1. The Hall–Kier alpha value is -3.08. The maximum absolute atomic E-state index is 12.1. The highest BCUT2D eigenvalue weighted by atomic mass is 16.2. The second kappa shape index (κ2) is 8.08. The lowest BCUT2D eigenvalue weighted by Crippen LogP contribution is -2.36. The summed E-state index contributed by atoms with van der Waals surface area (Å²) in [6, 6.07) is 13.7.